The van der Waals surface area contributed by atoms with Crippen LogP contribution in [0.25, 0.3) is 10.4 Å². The maximum atomic E-state index is 11.3. The van der Waals surface area contributed by atoms with E-state index in [0.717, 1.165) is 25.7 Å². The van der Waals surface area contributed by atoms with Crippen LogP contribution >= 0.6 is 0 Å². The molecule has 5 heteroatoms. The van der Waals surface area contributed by atoms with Crippen LogP contribution in [0.4, 0.5) is 0 Å². The second-order valence-corrected chi connectivity index (χ2v) is 3.57. The smallest absolute Gasteiger partial charge is 0.314 e. The number of carbonyl (C=O) groups is 1. The quantitative estimate of drug-likeness (QED) is 0.301. The van der Waals surface area contributed by atoms with Crippen LogP contribution < -0.4 is 0 Å². The van der Waals surface area contributed by atoms with Gasteiger partial charge in [-0.25, -0.2) is 0 Å². The summed E-state index contributed by atoms with van der Waals surface area (Å²) in [5, 5.41) is 3.52. The van der Waals surface area contributed by atoms with E-state index in [1.807, 2.05) is 0 Å². The summed E-state index contributed by atoms with van der Waals surface area (Å²) < 4.78 is 4.61. The fourth-order valence-electron chi connectivity index (χ4n) is 1.96. The summed E-state index contributed by atoms with van der Waals surface area (Å²) in [6, 6.07) is -0.620. The van der Waals surface area contributed by atoms with E-state index in [1.54, 1.807) is 0 Å². The van der Waals surface area contributed by atoms with Crippen molar-refractivity contribution < 1.29 is 9.53 Å². The molecule has 1 aliphatic carbocycles. The Hall–Kier alpha value is -1.22. The van der Waals surface area contributed by atoms with Crippen LogP contribution in [-0.2, 0) is 9.53 Å². The first-order valence-corrected chi connectivity index (χ1v) is 4.91. The fraction of sp³-hybridized carbons (Fsp3) is 0.889. The molecule has 0 radical (unpaired) electrons. The third-order valence-corrected chi connectivity index (χ3v) is 2.72. The van der Waals surface area contributed by atoms with E-state index in [0.29, 0.717) is 0 Å². The second-order valence-electron chi connectivity index (χ2n) is 3.57. The number of ether oxygens (including phenoxy) is 1. The van der Waals surface area contributed by atoms with Crippen molar-refractivity contribution in [3.05, 3.63) is 10.4 Å². The van der Waals surface area contributed by atoms with E-state index >= 15 is 0 Å². The molecule has 1 saturated carbocycles. The maximum absolute atomic E-state index is 11.3. The lowest BCUT2D eigenvalue weighted by Crippen LogP contribution is -2.30. The van der Waals surface area contributed by atoms with Gasteiger partial charge in [-0.2, -0.15) is 0 Å². The van der Waals surface area contributed by atoms with Gasteiger partial charge in [0.1, 0.15) is 6.04 Å². The minimum atomic E-state index is -0.620. The summed E-state index contributed by atoms with van der Waals surface area (Å²) in [6.07, 6.45) is 5.34. The van der Waals surface area contributed by atoms with Gasteiger partial charge >= 0.3 is 5.97 Å². The van der Waals surface area contributed by atoms with E-state index < -0.39 is 12.0 Å². The predicted octanol–water partition coefficient (Wildman–Crippen LogP) is 2.42. The molecule has 0 aromatic heterocycles. The zero-order valence-electron chi connectivity index (χ0n) is 8.35. The lowest BCUT2D eigenvalue weighted by Gasteiger charge is -2.25. The van der Waals surface area contributed by atoms with E-state index in [9.17, 15) is 4.79 Å². The van der Waals surface area contributed by atoms with Gasteiger partial charge in [-0.1, -0.05) is 24.4 Å². The van der Waals surface area contributed by atoms with Crippen LogP contribution in [0.2, 0.25) is 0 Å². The maximum Gasteiger partial charge on any atom is 0.314 e. The lowest BCUT2D eigenvalue weighted by molar-refractivity contribution is -0.143. The number of nitrogens with zero attached hydrogens (tertiary/aromatic N) is 3. The molecule has 0 heterocycles. The van der Waals surface area contributed by atoms with E-state index in [4.69, 9.17) is 5.53 Å². The highest BCUT2D eigenvalue weighted by atomic mass is 16.5. The van der Waals surface area contributed by atoms with Crippen LogP contribution in [0.3, 0.4) is 0 Å². The minimum Gasteiger partial charge on any atom is -0.469 e. The third kappa shape index (κ3) is 2.64. The van der Waals surface area contributed by atoms with Crippen LogP contribution in [0.1, 0.15) is 32.1 Å². The molecule has 5 nitrogen and oxygen atoms in total. The zero-order chi connectivity index (χ0) is 10.4. The summed E-state index contributed by atoms with van der Waals surface area (Å²) in [5.41, 5.74) is 8.36. The van der Waals surface area contributed by atoms with Crippen molar-refractivity contribution in [3.8, 4) is 0 Å². The number of carbonyl (C=O) groups excluding carboxylic acids is 1. The summed E-state index contributed by atoms with van der Waals surface area (Å²) in [5.74, 6) is -0.234. The molecule has 0 unspecified atom stereocenters. The minimum absolute atomic E-state index is 0.173. The average Bonchev–Trinajstić information content (AvgIpc) is 2.26. The fourth-order valence-corrected chi connectivity index (χ4v) is 1.96. The number of azide groups is 1. The monoisotopic (exact) mass is 197 g/mol. The number of hydrogen-bond acceptors (Lipinski definition) is 3. The standard InChI is InChI=1S/C9H15N3O2/c1-14-9(13)8(11-12-10)7-5-3-2-4-6-7/h7-8H,2-6H2,1H3/t8-/m1/s1. The highest BCUT2D eigenvalue weighted by Gasteiger charge is 2.29. The lowest BCUT2D eigenvalue weighted by atomic mass is 9.84. The Morgan fingerprint density at radius 2 is 2.14 bits per heavy atom. The van der Waals surface area contributed by atoms with Crippen molar-refractivity contribution in [1.29, 1.82) is 0 Å². The Labute approximate surface area is 83.1 Å². The van der Waals surface area contributed by atoms with Gasteiger partial charge in [0.25, 0.3) is 0 Å². The molecule has 1 aliphatic rings. The Balaban J connectivity index is 2.64. The molecule has 0 amide bonds. The molecule has 1 rings (SSSR count). The Kier molecular flexibility index (Phi) is 4.26. The van der Waals surface area contributed by atoms with Gasteiger partial charge in [-0.05, 0) is 24.3 Å². The van der Waals surface area contributed by atoms with Crippen molar-refractivity contribution in [3.63, 3.8) is 0 Å². The predicted molar refractivity (Wildman–Crippen MR) is 51.5 cm³/mol. The van der Waals surface area contributed by atoms with Gasteiger partial charge in [-0.15, -0.1) is 0 Å². The normalized spacial score (nSPS) is 19.5. The van der Waals surface area contributed by atoms with Gasteiger partial charge in [0.15, 0.2) is 0 Å². The van der Waals surface area contributed by atoms with Crippen LogP contribution in [0.5, 0.6) is 0 Å². The average molecular weight is 197 g/mol. The second kappa shape index (κ2) is 5.50. The molecule has 0 saturated heterocycles. The Morgan fingerprint density at radius 1 is 1.50 bits per heavy atom. The summed E-state index contributed by atoms with van der Waals surface area (Å²) >= 11 is 0. The highest BCUT2D eigenvalue weighted by Crippen LogP contribution is 2.28. The van der Waals surface area contributed by atoms with Crippen LogP contribution in [0.15, 0.2) is 5.11 Å². The molecule has 14 heavy (non-hydrogen) atoms. The summed E-state index contributed by atoms with van der Waals surface area (Å²) in [6.45, 7) is 0. The topological polar surface area (TPSA) is 75.1 Å². The zero-order valence-corrected chi connectivity index (χ0v) is 8.35. The molecule has 0 N–H and O–H groups in total. The van der Waals surface area contributed by atoms with E-state index in [1.165, 1.54) is 13.5 Å². The molecule has 0 aliphatic heterocycles. The van der Waals surface area contributed by atoms with Gasteiger partial charge in [0.05, 0.1) is 7.11 Å². The largest absolute Gasteiger partial charge is 0.469 e. The van der Waals surface area contributed by atoms with E-state index in [2.05, 4.69) is 14.8 Å². The van der Waals surface area contributed by atoms with Crippen molar-refractivity contribution >= 4 is 5.97 Å². The molecule has 1 fully saturated rings. The van der Waals surface area contributed by atoms with E-state index in [-0.39, 0.29) is 5.92 Å². The molecular formula is C9H15N3O2. The third-order valence-electron chi connectivity index (χ3n) is 2.72. The van der Waals surface area contributed by atoms with Crippen molar-refractivity contribution in [1.82, 2.24) is 0 Å². The number of methoxy groups -OCH3 is 1. The molecule has 0 bridgehead atoms. The van der Waals surface area contributed by atoms with Crippen molar-refractivity contribution in [2.45, 2.75) is 38.1 Å². The van der Waals surface area contributed by atoms with Gasteiger partial charge in [0.2, 0.25) is 0 Å². The number of rotatable bonds is 3. The molecular weight excluding hydrogens is 182 g/mol. The van der Waals surface area contributed by atoms with Gasteiger partial charge < -0.3 is 4.74 Å². The molecule has 0 aromatic rings. The molecule has 1 atom stereocenters. The van der Waals surface area contributed by atoms with Crippen molar-refractivity contribution in [2.24, 2.45) is 11.0 Å². The van der Waals surface area contributed by atoms with Crippen molar-refractivity contribution in [2.75, 3.05) is 7.11 Å². The molecule has 0 spiro atoms. The number of esters is 1. The van der Waals surface area contributed by atoms with Crippen LogP contribution in [0, 0.1) is 5.92 Å². The van der Waals surface area contributed by atoms with Gasteiger partial charge in [-0.3, -0.25) is 4.79 Å². The van der Waals surface area contributed by atoms with Crippen LogP contribution in [-0.4, -0.2) is 19.1 Å². The Bertz CT molecular complexity index is 242. The highest BCUT2D eigenvalue weighted by molar-refractivity contribution is 5.76. The summed E-state index contributed by atoms with van der Waals surface area (Å²) in [4.78, 5) is 14.0. The first-order valence-electron chi connectivity index (χ1n) is 4.91. The number of hydrogen-bond donors (Lipinski definition) is 0. The SMILES string of the molecule is COC(=O)[C@H](N=[N+]=[N-])C1CCCCC1. The summed E-state index contributed by atoms with van der Waals surface area (Å²) in [7, 11) is 1.32. The first-order chi connectivity index (χ1) is 6.79. The molecule has 0 aromatic carbocycles. The first kappa shape index (κ1) is 10.9. The molecule has 78 valence electrons. The van der Waals surface area contributed by atoms with Gasteiger partial charge in [0, 0.05) is 4.91 Å². The Morgan fingerprint density at radius 3 is 2.64 bits per heavy atom.